The maximum Gasteiger partial charge on any atom is 0.174 e. The van der Waals surface area contributed by atoms with Gasteiger partial charge >= 0.3 is 0 Å². The van der Waals surface area contributed by atoms with Crippen molar-refractivity contribution in [2.45, 2.75) is 6.54 Å². The van der Waals surface area contributed by atoms with Gasteiger partial charge < -0.3 is 20.0 Å². The van der Waals surface area contributed by atoms with E-state index < -0.39 is 0 Å². The van der Waals surface area contributed by atoms with Crippen LogP contribution in [0.4, 0.5) is 0 Å². The molecule has 0 radical (unpaired) electrons. The molecular formula is C9H13N3OS2. The lowest BCUT2D eigenvalue weighted by atomic mass is 10.4. The van der Waals surface area contributed by atoms with Crippen LogP contribution >= 0.6 is 24.4 Å². The summed E-state index contributed by atoms with van der Waals surface area (Å²) in [5.41, 5.74) is 0. The topological polar surface area (TPSA) is 40.4 Å². The summed E-state index contributed by atoms with van der Waals surface area (Å²) in [6, 6.07) is 3.71. The molecule has 15 heavy (non-hydrogen) atoms. The first-order valence-electron chi connectivity index (χ1n) is 4.38. The molecule has 0 amide bonds. The third kappa shape index (κ3) is 4.26. The summed E-state index contributed by atoms with van der Waals surface area (Å²) in [5, 5.41) is 6.93. The molecule has 0 aliphatic rings. The first kappa shape index (κ1) is 11.9. The maximum absolute atomic E-state index is 5.14. The summed E-state index contributed by atoms with van der Waals surface area (Å²) in [5.74, 6) is 0.829. The van der Waals surface area contributed by atoms with Crippen LogP contribution in [0.25, 0.3) is 0 Å². The van der Waals surface area contributed by atoms with E-state index in [9.17, 15) is 0 Å². The Kier molecular flexibility index (Phi) is 4.51. The van der Waals surface area contributed by atoms with Crippen molar-refractivity contribution >= 4 is 34.7 Å². The summed E-state index contributed by atoms with van der Waals surface area (Å²) in [4.78, 5) is 1.77. The van der Waals surface area contributed by atoms with Gasteiger partial charge in [-0.15, -0.1) is 0 Å². The molecule has 82 valence electrons. The Hall–Kier alpha value is -1.14. The number of furan rings is 1. The molecule has 0 aliphatic carbocycles. The third-order valence-corrected chi connectivity index (χ3v) is 2.34. The number of nitrogens with zero attached hydrogens (tertiary/aromatic N) is 1. The Morgan fingerprint density at radius 3 is 2.73 bits per heavy atom. The Morgan fingerprint density at radius 1 is 1.47 bits per heavy atom. The summed E-state index contributed by atoms with van der Waals surface area (Å²) < 4.78 is 5.14. The third-order valence-electron chi connectivity index (χ3n) is 1.63. The van der Waals surface area contributed by atoms with Crippen LogP contribution in [0.3, 0.4) is 0 Å². The average Bonchev–Trinajstić information content (AvgIpc) is 2.66. The molecule has 0 fully saturated rings. The van der Waals surface area contributed by atoms with Gasteiger partial charge in [0.05, 0.1) is 12.8 Å². The zero-order valence-electron chi connectivity index (χ0n) is 8.61. The lowest BCUT2D eigenvalue weighted by Crippen LogP contribution is -2.43. The Morgan fingerprint density at radius 2 is 2.20 bits per heavy atom. The Balaban J connectivity index is 2.28. The van der Waals surface area contributed by atoms with Crippen LogP contribution in [-0.2, 0) is 6.54 Å². The van der Waals surface area contributed by atoms with Gasteiger partial charge in [-0.1, -0.05) is 0 Å². The minimum Gasteiger partial charge on any atom is -0.467 e. The molecule has 1 rings (SSSR count). The van der Waals surface area contributed by atoms with Gasteiger partial charge in [0.1, 0.15) is 5.76 Å². The number of nitrogens with one attached hydrogen (secondary N) is 2. The lowest BCUT2D eigenvalue weighted by molar-refractivity contribution is 0.503. The molecule has 1 aromatic heterocycles. The predicted molar refractivity (Wildman–Crippen MR) is 67.6 cm³/mol. The van der Waals surface area contributed by atoms with Crippen molar-refractivity contribution in [3.63, 3.8) is 0 Å². The molecule has 0 saturated carbocycles. The summed E-state index contributed by atoms with van der Waals surface area (Å²) in [7, 11) is 3.70. The molecule has 0 spiro atoms. The average molecular weight is 243 g/mol. The van der Waals surface area contributed by atoms with Crippen molar-refractivity contribution in [2.75, 3.05) is 14.1 Å². The van der Waals surface area contributed by atoms with Gasteiger partial charge in [0.25, 0.3) is 0 Å². The van der Waals surface area contributed by atoms with E-state index in [1.807, 2.05) is 26.2 Å². The maximum atomic E-state index is 5.14. The fourth-order valence-electron chi connectivity index (χ4n) is 0.834. The normalized spacial score (nSPS) is 9.47. The largest absolute Gasteiger partial charge is 0.467 e. The Labute approximate surface area is 99.6 Å². The van der Waals surface area contributed by atoms with Crippen LogP contribution in [0, 0.1) is 0 Å². The molecule has 2 N–H and O–H groups in total. The highest BCUT2D eigenvalue weighted by Gasteiger charge is 2.02. The number of rotatable bonds is 2. The van der Waals surface area contributed by atoms with Gasteiger partial charge in [-0.3, -0.25) is 0 Å². The van der Waals surface area contributed by atoms with Gasteiger partial charge in [-0.2, -0.15) is 0 Å². The molecule has 6 heteroatoms. The van der Waals surface area contributed by atoms with E-state index in [1.54, 1.807) is 11.2 Å². The molecule has 0 saturated heterocycles. The second-order valence-corrected chi connectivity index (χ2v) is 3.88. The van der Waals surface area contributed by atoms with E-state index >= 15 is 0 Å². The summed E-state index contributed by atoms with van der Waals surface area (Å²) in [6.07, 6.45) is 1.62. The minimum absolute atomic E-state index is 0.491. The Bertz CT molecular complexity index is 335. The second kappa shape index (κ2) is 5.67. The molecular weight excluding hydrogens is 230 g/mol. The monoisotopic (exact) mass is 243 g/mol. The van der Waals surface area contributed by atoms with Gasteiger partial charge in [-0.25, -0.2) is 0 Å². The van der Waals surface area contributed by atoms with Crippen molar-refractivity contribution in [2.24, 2.45) is 0 Å². The van der Waals surface area contributed by atoms with Crippen LogP contribution in [-0.4, -0.2) is 29.2 Å². The van der Waals surface area contributed by atoms with Crippen molar-refractivity contribution in [3.8, 4) is 0 Å². The minimum atomic E-state index is 0.491. The molecule has 0 unspecified atom stereocenters. The van der Waals surface area contributed by atoms with Crippen molar-refractivity contribution in [3.05, 3.63) is 24.2 Å². The first-order valence-corrected chi connectivity index (χ1v) is 5.20. The molecule has 0 atom stereocenters. The first-order chi connectivity index (χ1) is 7.09. The molecule has 0 aliphatic heterocycles. The van der Waals surface area contributed by atoms with Gasteiger partial charge in [0, 0.05) is 14.1 Å². The van der Waals surface area contributed by atoms with E-state index in [0.717, 1.165) is 5.76 Å². The quantitative estimate of drug-likeness (QED) is 0.758. The number of hydrogen-bond donors (Lipinski definition) is 2. The van der Waals surface area contributed by atoms with E-state index in [0.29, 0.717) is 16.8 Å². The van der Waals surface area contributed by atoms with E-state index in [2.05, 4.69) is 10.6 Å². The fraction of sp³-hybridized carbons (Fsp3) is 0.333. The molecule has 1 heterocycles. The van der Waals surface area contributed by atoms with Crippen LogP contribution in [0.15, 0.2) is 22.8 Å². The molecule has 0 aromatic carbocycles. The predicted octanol–water partition coefficient (Wildman–Crippen LogP) is 1.09. The number of thiocarbonyl (C=S) groups is 2. The van der Waals surface area contributed by atoms with Gasteiger partial charge in [0.2, 0.25) is 0 Å². The van der Waals surface area contributed by atoms with E-state index in [-0.39, 0.29) is 0 Å². The van der Waals surface area contributed by atoms with Gasteiger partial charge in [-0.05, 0) is 36.6 Å². The second-order valence-electron chi connectivity index (χ2n) is 3.09. The lowest BCUT2D eigenvalue weighted by Gasteiger charge is -2.16. The standard InChI is InChI=1S/C9H13N3OS2/c1-12(2)9(15)11-8(14)10-6-7-4-3-5-13-7/h3-5H,6H2,1-2H3,(H2,10,11,14,15). The highest BCUT2D eigenvalue weighted by molar-refractivity contribution is 7.81. The SMILES string of the molecule is CN(C)C(=S)NC(=S)NCc1ccco1. The van der Waals surface area contributed by atoms with Crippen LogP contribution < -0.4 is 10.6 Å². The van der Waals surface area contributed by atoms with E-state index in [1.165, 1.54) is 0 Å². The molecule has 0 bridgehead atoms. The summed E-state index contributed by atoms with van der Waals surface area (Å²) >= 11 is 10.1. The van der Waals surface area contributed by atoms with Gasteiger partial charge in [0.15, 0.2) is 10.2 Å². The van der Waals surface area contributed by atoms with E-state index in [4.69, 9.17) is 28.9 Å². The van der Waals surface area contributed by atoms with Crippen LogP contribution in [0.2, 0.25) is 0 Å². The van der Waals surface area contributed by atoms with Crippen molar-refractivity contribution in [1.29, 1.82) is 0 Å². The zero-order valence-corrected chi connectivity index (χ0v) is 10.2. The van der Waals surface area contributed by atoms with Crippen LogP contribution in [0.5, 0.6) is 0 Å². The fourth-order valence-corrected chi connectivity index (χ4v) is 1.17. The highest BCUT2D eigenvalue weighted by Crippen LogP contribution is 1.98. The number of hydrogen-bond acceptors (Lipinski definition) is 3. The van der Waals surface area contributed by atoms with Crippen LogP contribution in [0.1, 0.15) is 5.76 Å². The molecule has 4 nitrogen and oxygen atoms in total. The zero-order chi connectivity index (χ0) is 11.3. The highest BCUT2D eigenvalue weighted by atomic mass is 32.1. The molecule has 1 aromatic rings. The summed E-state index contributed by atoms with van der Waals surface area (Å²) in [6.45, 7) is 0.550. The van der Waals surface area contributed by atoms with Crippen molar-refractivity contribution in [1.82, 2.24) is 15.5 Å². The van der Waals surface area contributed by atoms with Crippen molar-refractivity contribution < 1.29 is 4.42 Å². The smallest absolute Gasteiger partial charge is 0.174 e.